The van der Waals surface area contributed by atoms with E-state index in [1.54, 1.807) is 26.0 Å². The van der Waals surface area contributed by atoms with Gasteiger partial charge in [-0.3, -0.25) is 0 Å². The van der Waals surface area contributed by atoms with Gasteiger partial charge in [-0.15, -0.1) is 0 Å². The number of aryl methyl sites for hydroxylation is 1. The summed E-state index contributed by atoms with van der Waals surface area (Å²) in [5.41, 5.74) is 3.51. The molecule has 0 amide bonds. The normalized spacial score (nSPS) is 14.7. The van der Waals surface area contributed by atoms with Gasteiger partial charge in [0.1, 0.15) is 11.5 Å². The number of carbonyl (C=O) groups is 2. The first-order valence-electron chi connectivity index (χ1n) is 8.99. The average molecular weight is 416 g/mol. The Bertz CT molecular complexity index is 1010. The summed E-state index contributed by atoms with van der Waals surface area (Å²) in [6.45, 7) is 5.42. The molecule has 1 N–H and O–H groups in total. The van der Waals surface area contributed by atoms with E-state index in [1.807, 2.05) is 25.1 Å². The largest absolute Gasteiger partial charge is 0.466 e. The van der Waals surface area contributed by atoms with E-state index < -0.39 is 17.9 Å². The van der Waals surface area contributed by atoms with Crippen molar-refractivity contribution < 1.29 is 23.5 Å². The molecule has 1 aliphatic rings. The highest BCUT2D eigenvalue weighted by Gasteiger charge is 2.39. The third-order valence-corrected chi connectivity index (χ3v) is 5.35. The second kappa shape index (κ2) is 8.17. The van der Waals surface area contributed by atoms with Crippen LogP contribution >= 0.6 is 11.6 Å². The molecule has 0 fully saturated rings. The van der Waals surface area contributed by atoms with Crippen LogP contribution in [0.15, 0.2) is 57.3 Å². The van der Waals surface area contributed by atoms with Crippen LogP contribution in [0.4, 0.5) is 0 Å². The molecule has 1 aromatic carbocycles. The average Bonchev–Trinajstić information content (AvgIpc) is 3.18. The van der Waals surface area contributed by atoms with Crippen molar-refractivity contribution >= 4 is 23.5 Å². The fourth-order valence-corrected chi connectivity index (χ4v) is 3.63. The first-order valence-corrected chi connectivity index (χ1v) is 9.37. The molecular weight excluding hydrogens is 394 g/mol. The number of carbonyl (C=O) groups excluding carboxylic acids is 2. The maximum absolute atomic E-state index is 12.5. The van der Waals surface area contributed by atoms with Crippen LogP contribution in [-0.4, -0.2) is 26.2 Å². The van der Waals surface area contributed by atoms with E-state index in [9.17, 15) is 9.59 Å². The number of rotatable bonds is 4. The number of hydrogen-bond acceptors (Lipinski definition) is 6. The molecule has 29 heavy (non-hydrogen) atoms. The summed E-state index contributed by atoms with van der Waals surface area (Å²) in [4.78, 5) is 25.1. The lowest BCUT2D eigenvalue weighted by atomic mass is 9.83. The minimum Gasteiger partial charge on any atom is -0.466 e. The van der Waals surface area contributed by atoms with Gasteiger partial charge in [0.15, 0.2) is 0 Å². The number of methoxy groups -OCH3 is 2. The quantitative estimate of drug-likeness (QED) is 0.741. The number of furan rings is 1. The van der Waals surface area contributed by atoms with Crippen LogP contribution in [-0.2, 0) is 19.1 Å². The molecule has 0 aliphatic carbocycles. The van der Waals surface area contributed by atoms with E-state index in [-0.39, 0.29) is 0 Å². The monoisotopic (exact) mass is 415 g/mol. The van der Waals surface area contributed by atoms with Gasteiger partial charge in [0.2, 0.25) is 0 Å². The lowest BCUT2D eigenvalue weighted by Crippen LogP contribution is -2.31. The molecule has 0 atom stereocenters. The lowest BCUT2D eigenvalue weighted by Gasteiger charge is -2.28. The highest BCUT2D eigenvalue weighted by molar-refractivity contribution is 6.31. The van der Waals surface area contributed by atoms with Gasteiger partial charge in [-0.2, -0.15) is 0 Å². The Morgan fingerprint density at radius 3 is 2.07 bits per heavy atom. The van der Waals surface area contributed by atoms with Gasteiger partial charge >= 0.3 is 11.9 Å². The Morgan fingerprint density at radius 1 is 0.966 bits per heavy atom. The van der Waals surface area contributed by atoms with Gasteiger partial charge in [-0.25, -0.2) is 9.59 Å². The maximum atomic E-state index is 12.5. The summed E-state index contributed by atoms with van der Waals surface area (Å²) in [6, 6.07) is 9.14. The minimum atomic E-state index is -0.758. The number of nitrogens with one attached hydrogen (secondary N) is 1. The number of allylic oxidation sites excluding steroid dienone is 2. The van der Waals surface area contributed by atoms with Crippen LogP contribution in [0.3, 0.4) is 0 Å². The van der Waals surface area contributed by atoms with Crippen LogP contribution < -0.4 is 5.32 Å². The molecule has 0 saturated carbocycles. The summed E-state index contributed by atoms with van der Waals surface area (Å²) in [6.07, 6.45) is 0. The van der Waals surface area contributed by atoms with Gasteiger partial charge in [-0.05, 0) is 44.5 Å². The highest BCUT2D eigenvalue weighted by atomic mass is 35.5. The van der Waals surface area contributed by atoms with E-state index in [1.165, 1.54) is 14.2 Å². The van der Waals surface area contributed by atoms with Crippen molar-refractivity contribution in [1.82, 2.24) is 5.32 Å². The molecule has 1 aliphatic heterocycles. The first-order chi connectivity index (χ1) is 13.8. The summed E-state index contributed by atoms with van der Waals surface area (Å²) in [5.74, 6) is -0.858. The van der Waals surface area contributed by atoms with Gasteiger partial charge in [-0.1, -0.05) is 23.7 Å². The molecule has 152 valence electrons. The van der Waals surface area contributed by atoms with Gasteiger partial charge in [0.25, 0.3) is 0 Å². The van der Waals surface area contributed by atoms with Crippen molar-refractivity contribution in [2.24, 2.45) is 0 Å². The zero-order valence-corrected chi connectivity index (χ0v) is 17.6. The number of esters is 2. The Hall–Kier alpha value is -2.99. The number of dihydropyridines is 1. The molecule has 0 spiro atoms. The first kappa shape index (κ1) is 20.7. The van der Waals surface area contributed by atoms with Crippen molar-refractivity contribution in [1.29, 1.82) is 0 Å². The molecule has 2 aromatic rings. The molecule has 6 nitrogen and oxygen atoms in total. The zero-order valence-electron chi connectivity index (χ0n) is 16.9. The molecule has 2 heterocycles. The van der Waals surface area contributed by atoms with Crippen LogP contribution in [0.25, 0.3) is 11.3 Å². The van der Waals surface area contributed by atoms with E-state index >= 15 is 0 Å². The van der Waals surface area contributed by atoms with E-state index in [4.69, 9.17) is 25.5 Å². The lowest BCUT2D eigenvalue weighted by molar-refractivity contribution is -0.137. The minimum absolute atomic E-state index is 0.293. The predicted molar refractivity (Wildman–Crippen MR) is 109 cm³/mol. The molecule has 0 saturated heterocycles. The molecule has 3 rings (SSSR count). The third kappa shape index (κ3) is 3.80. The molecule has 0 bridgehead atoms. The van der Waals surface area contributed by atoms with Crippen LogP contribution in [0.2, 0.25) is 5.02 Å². The van der Waals surface area contributed by atoms with Crippen molar-refractivity contribution in [2.45, 2.75) is 26.7 Å². The van der Waals surface area contributed by atoms with Crippen LogP contribution in [0.1, 0.15) is 31.1 Å². The Balaban J connectivity index is 2.14. The van der Waals surface area contributed by atoms with Crippen molar-refractivity contribution in [3.63, 3.8) is 0 Å². The third-order valence-electron chi connectivity index (χ3n) is 4.94. The standard InChI is InChI=1S/C22H22ClNO5/c1-11-6-7-14(10-15(11)23)16-8-9-17(29-16)20-18(21(25)27-4)12(2)24-13(3)19(20)22(26)28-5/h6-10,20,24H,1-5H3. The summed E-state index contributed by atoms with van der Waals surface area (Å²) in [5, 5.41) is 3.68. The molecule has 1 aromatic heterocycles. The summed E-state index contributed by atoms with van der Waals surface area (Å²) in [7, 11) is 2.59. The Kier molecular flexibility index (Phi) is 5.84. The van der Waals surface area contributed by atoms with Gasteiger partial charge < -0.3 is 19.2 Å². The maximum Gasteiger partial charge on any atom is 0.336 e. The topological polar surface area (TPSA) is 77.8 Å². The van der Waals surface area contributed by atoms with E-state index in [0.717, 1.165) is 11.1 Å². The van der Waals surface area contributed by atoms with Crippen LogP contribution in [0, 0.1) is 6.92 Å². The fraction of sp³-hybridized carbons (Fsp3) is 0.273. The predicted octanol–water partition coefficient (Wildman–Crippen LogP) is 4.49. The van der Waals surface area contributed by atoms with E-state index in [0.29, 0.717) is 39.1 Å². The van der Waals surface area contributed by atoms with E-state index in [2.05, 4.69) is 5.32 Å². The van der Waals surface area contributed by atoms with Gasteiger partial charge in [0, 0.05) is 22.0 Å². The number of ether oxygens (including phenoxy) is 2. The van der Waals surface area contributed by atoms with Crippen molar-refractivity contribution in [3.05, 3.63) is 69.2 Å². The molecule has 7 heteroatoms. The summed E-state index contributed by atoms with van der Waals surface area (Å²) < 4.78 is 16.0. The van der Waals surface area contributed by atoms with Gasteiger partial charge in [0.05, 0.1) is 31.3 Å². The number of hydrogen-bond donors (Lipinski definition) is 1. The number of benzene rings is 1. The Morgan fingerprint density at radius 2 is 1.55 bits per heavy atom. The summed E-state index contributed by atoms with van der Waals surface area (Å²) >= 11 is 6.24. The molecule has 0 unspecified atom stereocenters. The second-order valence-electron chi connectivity index (χ2n) is 6.78. The SMILES string of the molecule is COC(=O)C1=C(C)NC(C)=C(C(=O)OC)C1c1ccc(-c2ccc(C)c(Cl)c2)o1. The number of halogens is 1. The van der Waals surface area contributed by atoms with Crippen LogP contribution in [0.5, 0.6) is 0 Å². The zero-order chi connectivity index (χ0) is 21.3. The second-order valence-corrected chi connectivity index (χ2v) is 7.19. The molecule has 0 radical (unpaired) electrons. The van der Waals surface area contributed by atoms with Crippen molar-refractivity contribution in [3.8, 4) is 11.3 Å². The smallest absolute Gasteiger partial charge is 0.336 e. The van der Waals surface area contributed by atoms with Crippen molar-refractivity contribution in [2.75, 3.05) is 14.2 Å². The highest BCUT2D eigenvalue weighted by Crippen LogP contribution is 2.41. The molecular formula is C22H22ClNO5. The Labute approximate surface area is 174 Å². The fourth-order valence-electron chi connectivity index (χ4n) is 3.45.